The first-order valence-electron chi connectivity index (χ1n) is 14.0. The van der Waals surface area contributed by atoms with Crippen LogP contribution in [-0.2, 0) is 16.3 Å². The smallest absolute Gasteiger partial charge is 0.206 e. The highest BCUT2D eigenvalue weighted by Crippen LogP contribution is 2.25. The summed E-state index contributed by atoms with van der Waals surface area (Å²) < 4.78 is 24.2. The maximum Gasteiger partial charge on any atom is 0.206 e. The minimum Gasteiger partial charge on any atom is -0.508 e. The fourth-order valence-corrected chi connectivity index (χ4v) is 5.42. The summed E-state index contributed by atoms with van der Waals surface area (Å²) in [7, 11) is -3.59. The summed E-state index contributed by atoms with van der Waals surface area (Å²) in [6.45, 7) is 0. The predicted octanol–water partition coefficient (Wildman–Crippen LogP) is 7.38. The molecule has 0 aromatic heterocycles. The number of aromatic hydroxyl groups is 6. The number of phenolic OH excluding ortho intramolecular Hbond substituents is 6. The average Bonchev–Trinajstić information content (AvgIpc) is 3.05. The van der Waals surface area contributed by atoms with Crippen LogP contribution < -0.4 is 0 Å². The van der Waals surface area contributed by atoms with Crippen LogP contribution >= 0.6 is 0 Å². The Bertz CT molecular complexity index is 1780. The molecule has 0 fully saturated rings. The van der Waals surface area contributed by atoms with Crippen LogP contribution in [-0.4, -0.2) is 39.1 Å². The minimum atomic E-state index is -3.59. The lowest BCUT2D eigenvalue weighted by molar-refractivity contribution is 0.474. The van der Waals surface area contributed by atoms with E-state index in [2.05, 4.69) is 0 Å². The summed E-state index contributed by atoms with van der Waals surface area (Å²) in [5.41, 5.74) is 4.31. The zero-order chi connectivity index (χ0) is 33.1. The molecule has 0 aliphatic carbocycles. The lowest BCUT2D eigenvalue weighted by Gasteiger charge is -2.04. The number of rotatable bonds is 5. The summed E-state index contributed by atoms with van der Waals surface area (Å²) in [6, 6.07) is 38.7. The highest BCUT2D eigenvalue weighted by molar-refractivity contribution is 7.91. The van der Waals surface area contributed by atoms with E-state index < -0.39 is 9.84 Å². The molecule has 9 heteroatoms. The van der Waals surface area contributed by atoms with Crippen LogP contribution in [0.3, 0.4) is 0 Å². The Kier molecular flexibility index (Phi) is 10.9. The van der Waals surface area contributed by atoms with Gasteiger partial charge in [0.2, 0.25) is 9.84 Å². The lowest BCUT2D eigenvalue weighted by atomic mass is 10.1. The first kappa shape index (κ1) is 33.0. The minimum absolute atomic E-state index is 0.00894. The Morgan fingerprint density at radius 3 is 0.804 bits per heavy atom. The van der Waals surface area contributed by atoms with Gasteiger partial charge in [-0.1, -0.05) is 48.5 Å². The van der Waals surface area contributed by atoms with E-state index in [4.69, 9.17) is 30.6 Å². The maximum absolute atomic E-state index is 12.1. The molecule has 0 amide bonds. The van der Waals surface area contributed by atoms with Crippen LogP contribution in [0.2, 0.25) is 0 Å². The Morgan fingerprint density at radius 1 is 0.326 bits per heavy atom. The molecular weight excluding hydrogens is 604 g/mol. The van der Waals surface area contributed by atoms with E-state index in [1.165, 1.54) is 48.5 Å². The molecule has 0 aliphatic rings. The molecule has 0 aliphatic heterocycles. The molecule has 6 rings (SSSR count). The number of hydrogen-bond donors (Lipinski definition) is 6. The molecule has 0 saturated carbocycles. The van der Waals surface area contributed by atoms with Gasteiger partial charge in [-0.2, -0.15) is 0 Å². The number of sulfone groups is 1. The zero-order valence-electron chi connectivity index (χ0n) is 24.5. The van der Waals surface area contributed by atoms with Crippen molar-refractivity contribution in [1.82, 2.24) is 0 Å². The van der Waals surface area contributed by atoms with Gasteiger partial charge in [-0.15, -0.1) is 0 Å². The quantitative estimate of drug-likeness (QED) is 0.114. The fourth-order valence-electron chi connectivity index (χ4n) is 4.16. The highest BCUT2D eigenvalue weighted by atomic mass is 32.2. The van der Waals surface area contributed by atoms with Crippen molar-refractivity contribution in [3.8, 4) is 45.6 Å². The fraction of sp³-hybridized carbons (Fsp3) is 0.0270. The van der Waals surface area contributed by atoms with Crippen LogP contribution in [0.5, 0.6) is 34.5 Å². The van der Waals surface area contributed by atoms with Gasteiger partial charge in [0.1, 0.15) is 34.5 Å². The molecule has 0 radical (unpaired) electrons. The van der Waals surface area contributed by atoms with Gasteiger partial charge in [0, 0.05) is 0 Å². The third-order valence-corrected chi connectivity index (χ3v) is 8.43. The first-order chi connectivity index (χ1) is 22.0. The van der Waals surface area contributed by atoms with Crippen molar-refractivity contribution >= 4 is 9.84 Å². The van der Waals surface area contributed by atoms with E-state index in [1.54, 1.807) is 48.5 Å². The topological polar surface area (TPSA) is 156 Å². The average molecular weight is 637 g/mol. The van der Waals surface area contributed by atoms with Gasteiger partial charge < -0.3 is 30.6 Å². The van der Waals surface area contributed by atoms with Crippen LogP contribution in [0.15, 0.2) is 155 Å². The molecule has 6 N–H and O–H groups in total. The van der Waals surface area contributed by atoms with Crippen molar-refractivity contribution in [2.45, 2.75) is 16.2 Å². The molecule has 46 heavy (non-hydrogen) atoms. The van der Waals surface area contributed by atoms with Crippen molar-refractivity contribution in [2.24, 2.45) is 0 Å². The molecule has 0 unspecified atom stereocenters. The summed E-state index contributed by atoms with van der Waals surface area (Å²) in [5, 5.41) is 54.7. The van der Waals surface area contributed by atoms with E-state index in [0.29, 0.717) is 0 Å². The van der Waals surface area contributed by atoms with Gasteiger partial charge in [-0.3, -0.25) is 0 Å². The number of hydrogen-bond acceptors (Lipinski definition) is 8. The van der Waals surface area contributed by atoms with Crippen molar-refractivity contribution < 1.29 is 39.1 Å². The second kappa shape index (κ2) is 15.2. The normalized spacial score (nSPS) is 10.5. The lowest BCUT2D eigenvalue weighted by Crippen LogP contribution is -2.01. The third-order valence-electron chi connectivity index (χ3n) is 6.64. The molecule has 0 saturated heterocycles. The molecular formula is C37H32O8S. The summed E-state index contributed by atoms with van der Waals surface area (Å²) >= 11 is 0. The SMILES string of the molecule is O=S(=O)(c1ccc(O)cc1)c1ccc(O)cc1.Oc1ccc(-c2ccc(O)cc2)cc1.Oc1ccc(Cc2ccc(O)cc2)cc1. The van der Waals surface area contributed by atoms with Crippen LogP contribution in [0.4, 0.5) is 0 Å². The number of phenols is 6. The van der Waals surface area contributed by atoms with Crippen LogP contribution in [0.1, 0.15) is 11.1 Å². The van der Waals surface area contributed by atoms with Crippen LogP contribution in [0.25, 0.3) is 11.1 Å². The van der Waals surface area contributed by atoms with E-state index >= 15 is 0 Å². The van der Waals surface area contributed by atoms with E-state index in [-0.39, 0.29) is 44.3 Å². The van der Waals surface area contributed by atoms with E-state index in [0.717, 1.165) is 28.7 Å². The molecule has 0 heterocycles. The van der Waals surface area contributed by atoms with Crippen molar-refractivity contribution in [3.05, 3.63) is 157 Å². The summed E-state index contributed by atoms with van der Waals surface area (Å²) in [5.74, 6) is 1.10. The molecule has 8 nitrogen and oxygen atoms in total. The molecule has 0 spiro atoms. The van der Waals surface area contributed by atoms with E-state index in [9.17, 15) is 8.42 Å². The van der Waals surface area contributed by atoms with Gasteiger partial charge in [0.15, 0.2) is 0 Å². The van der Waals surface area contributed by atoms with Gasteiger partial charge in [0.25, 0.3) is 0 Å². The molecule has 0 atom stereocenters. The van der Waals surface area contributed by atoms with Crippen LogP contribution in [0, 0.1) is 0 Å². The Morgan fingerprint density at radius 2 is 0.543 bits per heavy atom. The second-order valence-corrected chi connectivity index (χ2v) is 12.0. The maximum atomic E-state index is 12.1. The van der Waals surface area contributed by atoms with Crippen molar-refractivity contribution in [1.29, 1.82) is 0 Å². The zero-order valence-corrected chi connectivity index (χ0v) is 25.3. The summed E-state index contributed by atoms with van der Waals surface area (Å²) in [4.78, 5) is 0.196. The third kappa shape index (κ3) is 9.54. The Hall–Kier alpha value is -5.93. The number of benzene rings is 6. The second-order valence-electron chi connectivity index (χ2n) is 10.1. The largest absolute Gasteiger partial charge is 0.508 e. The summed E-state index contributed by atoms with van der Waals surface area (Å²) in [6.07, 6.45) is 0.806. The first-order valence-corrected chi connectivity index (χ1v) is 15.5. The van der Waals surface area contributed by atoms with Gasteiger partial charge >= 0.3 is 0 Å². The molecule has 6 aromatic rings. The molecule has 0 bridgehead atoms. The van der Waals surface area contributed by atoms with E-state index in [1.807, 2.05) is 48.5 Å². The van der Waals surface area contributed by atoms with Gasteiger partial charge in [-0.05, 0) is 126 Å². The Balaban J connectivity index is 0.000000157. The van der Waals surface area contributed by atoms with Gasteiger partial charge in [-0.25, -0.2) is 8.42 Å². The molecule has 234 valence electrons. The molecule has 6 aromatic carbocycles. The van der Waals surface area contributed by atoms with Crippen molar-refractivity contribution in [3.63, 3.8) is 0 Å². The Labute approximate surface area is 266 Å². The van der Waals surface area contributed by atoms with Crippen molar-refractivity contribution in [2.75, 3.05) is 0 Å². The highest BCUT2D eigenvalue weighted by Gasteiger charge is 2.17. The van der Waals surface area contributed by atoms with Gasteiger partial charge in [0.05, 0.1) is 9.79 Å². The standard InChI is InChI=1S/C13H12O2.C12H10O4S.C12H10O2/c14-12-5-1-10(2-6-12)9-11-3-7-13(15)8-4-11;13-9-1-5-11(6-2-9)17(15,16)12-7-3-10(14)4-8-12;13-11-5-1-9(2-6-11)10-3-7-12(14)8-4-10/h1-8,14-15H,9H2;1-8,13-14H;1-8,13-14H. The predicted molar refractivity (Wildman–Crippen MR) is 176 cm³/mol. The monoisotopic (exact) mass is 636 g/mol.